The Kier molecular flexibility index (Phi) is 2.73. The second-order valence-electron chi connectivity index (χ2n) is 3.88. The van der Waals surface area contributed by atoms with Crippen molar-refractivity contribution in [1.82, 2.24) is 4.90 Å². The van der Waals surface area contributed by atoms with E-state index in [9.17, 15) is 9.59 Å². The molecule has 0 saturated carbocycles. The molecule has 90 valence electrons. The fourth-order valence-electron chi connectivity index (χ4n) is 2.23. The zero-order valence-electron chi connectivity index (χ0n) is 8.59. The van der Waals surface area contributed by atoms with Crippen LogP contribution in [-0.2, 0) is 14.3 Å². The standard InChI is InChI=1S/C9H13NO6/c11-7(12)6-5-16-9(10(6)8(13)14)1-3-15-4-2-9/h6H,1-5H2,(H,11,12)(H,13,14). The fourth-order valence-corrected chi connectivity index (χ4v) is 2.23. The maximum Gasteiger partial charge on any atom is 0.410 e. The van der Waals surface area contributed by atoms with Gasteiger partial charge in [-0.05, 0) is 0 Å². The van der Waals surface area contributed by atoms with E-state index in [1.54, 1.807) is 0 Å². The second kappa shape index (κ2) is 3.91. The maximum absolute atomic E-state index is 11.1. The van der Waals surface area contributed by atoms with Crippen molar-refractivity contribution in [3.63, 3.8) is 0 Å². The first-order chi connectivity index (χ1) is 7.57. The summed E-state index contributed by atoms with van der Waals surface area (Å²) in [6, 6.07) is -1.12. The Labute approximate surface area is 91.5 Å². The number of carboxylic acids is 1. The van der Waals surface area contributed by atoms with E-state index in [0.717, 1.165) is 4.90 Å². The second-order valence-corrected chi connectivity index (χ2v) is 3.88. The van der Waals surface area contributed by atoms with Crippen LogP contribution in [0.1, 0.15) is 12.8 Å². The Hall–Kier alpha value is -1.34. The lowest BCUT2D eigenvalue weighted by molar-refractivity contribution is -0.148. The molecular formula is C9H13NO6. The third kappa shape index (κ3) is 1.61. The third-order valence-electron chi connectivity index (χ3n) is 3.03. The lowest BCUT2D eigenvalue weighted by Gasteiger charge is -2.39. The number of hydrogen-bond acceptors (Lipinski definition) is 4. The number of aliphatic carboxylic acids is 1. The lowest BCUT2D eigenvalue weighted by Crippen LogP contribution is -2.55. The van der Waals surface area contributed by atoms with Gasteiger partial charge in [0, 0.05) is 12.8 Å². The Bertz CT molecular complexity index is 311. The number of carbonyl (C=O) groups is 2. The molecule has 2 aliphatic heterocycles. The summed E-state index contributed by atoms with van der Waals surface area (Å²) in [7, 11) is 0. The Morgan fingerprint density at radius 1 is 1.25 bits per heavy atom. The highest BCUT2D eigenvalue weighted by Gasteiger charge is 2.53. The predicted molar refractivity (Wildman–Crippen MR) is 50.0 cm³/mol. The molecule has 0 aromatic rings. The van der Waals surface area contributed by atoms with Crippen molar-refractivity contribution in [2.24, 2.45) is 0 Å². The highest BCUT2D eigenvalue weighted by atomic mass is 16.6. The van der Waals surface area contributed by atoms with E-state index in [2.05, 4.69) is 0 Å². The molecule has 16 heavy (non-hydrogen) atoms. The summed E-state index contributed by atoms with van der Waals surface area (Å²) in [4.78, 5) is 23.0. The van der Waals surface area contributed by atoms with Gasteiger partial charge in [-0.2, -0.15) is 0 Å². The van der Waals surface area contributed by atoms with Crippen molar-refractivity contribution < 1.29 is 29.3 Å². The fraction of sp³-hybridized carbons (Fsp3) is 0.778. The molecule has 1 atom stereocenters. The molecule has 0 aliphatic carbocycles. The summed E-state index contributed by atoms with van der Waals surface area (Å²) in [6.07, 6.45) is -0.501. The van der Waals surface area contributed by atoms with Gasteiger partial charge in [0.2, 0.25) is 0 Å². The SMILES string of the molecule is O=C(O)C1COC2(CCOCC2)N1C(=O)O. The number of nitrogens with zero attached hydrogens (tertiary/aromatic N) is 1. The van der Waals surface area contributed by atoms with Gasteiger partial charge in [0.05, 0.1) is 19.8 Å². The zero-order chi connectivity index (χ0) is 11.8. The number of rotatable bonds is 1. The van der Waals surface area contributed by atoms with Gasteiger partial charge in [-0.1, -0.05) is 0 Å². The summed E-state index contributed by atoms with van der Waals surface area (Å²) in [5.41, 5.74) is -1.01. The summed E-state index contributed by atoms with van der Waals surface area (Å²) >= 11 is 0. The molecule has 2 saturated heterocycles. The van der Waals surface area contributed by atoms with Gasteiger partial charge in [0.25, 0.3) is 0 Å². The monoisotopic (exact) mass is 231 g/mol. The van der Waals surface area contributed by atoms with E-state index >= 15 is 0 Å². The molecule has 0 aromatic heterocycles. The average molecular weight is 231 g/mol. The molecule has 2 rings (SSSR count). The Morgan fingerprint density at radius 2 is 1.88 bits per heavy atom. The van der Waals surface area contributed by atoms with Crippen molar-refractivity contribution in [2.45, 2.75) is 24.6 Å². The summed E-state index contributed by atoms with van der Waals surface area (Å²) in [5.74, 6) is -1.18. The van der Waals surface area contributed by atoms with Crippen molar-refractivity contribution in [1.29, 1.82) is 0 Å². The van der Waals surface area contributed by atoms with Crippen LogP contribution >= 0.6 is 0 Å². The molecule has 0 bridgehead atoms. The van der Waals surface area contributed by atoms with E-state index in [1.165, 1.54) is 0 Å². The van der Waals surface area contributed by atoms with Crippen molar-refractivity contribution in [3.05, 3.63) is 0 Å². The van der Waals surface area contributed by atoms with Gasteiger partial charge in [0.1, 0.15) is 0 Å². The molecule has 7 heteroatoms. The molecule has 2 fully saturated rings. The summed E-state index contributed by atoms with van der Waals surface area (Å²) < 4.78 is 10.5. The van der Waals surface area contributed by atoms with Crippen LogP contribution in [0.2, 0.25) is 0 Å². The van der Waals surface area contributed by atoms with E-state index in [0.29, 0.717) is 26.1 Å². The van der Waals surface area contributed by atoms with Crippen LogP contribution in [0, 0.1) is 0 Å². The van der Waals surface area contributed by atoms with Crippen LogP contribution in [0.4, 0.5) is 4.79 Å². The van der Waals surface area contributed by atoms with Gasteiger partial charge in [-0.15, -0.1) is 0 Å². The smallest absolute Gasteiger partial charge is 0.410 e. The maximum atomic E-state index is 11.1. The first-order valence-corrected chi connectivity index (χ1v) is 5.04. The molecule has 2 N–H and O–H groups in total. The molecule has 2 aliphatic rings. The molecule has 1 amide bonds. The highest BCUT2D eigenvalue weighted by molar-refractivity contribution is 5.80. The van der Waals surface area contributed by atoms with E-state index in [4.69, 9.17) is 19.7 Å². The lowest BCUT2D eigenvalue weighted by atomic mass is 10.0. The average Bonchev–Trinajstić information content (AvgIpc) is 2.58. The molecule has 7 nitrogen and oxygen atoms in total. The van der Waals surface area contributed by atoms with Gasteiger partial charge in [0.15, 0.2) is 11.8 Å². The minimum atomic E-state index is -1.26. The number of hydrogen-bond donors (Lipinski definition) is 2. The minimum Gasteiger partial charge on any atom is -0.480 e. The minimum absolute atomic E-state index is 0.0956. The topological polar surface area (TPSA) is 96.3 Å². The highest BCUT2D eigenvalue weighted by Crippen LogP contribution is 2.36. The number of amides is 1. The van der Waals surface area contributed by atoms with Crippen LogP contribution in [-0.4, -0.2) is 58.8 Å². The van der Waals surface area contributed by atoms with Gasteiger partial charge in [-0.3, -0.25) is 4.90 Å². The molecule has 0 radical (unpaired) electrons. The zero-order valence-corrected chi connectivity index (χ0v) is 8.59. The molecule has 1 unspecified atom stereocenters. The van der Waals surface area contributed by atoms with Crippen LogP contribution in [0.15, 0.2) is 0 Å². The van der Waals surface area contributed by atoms with Crippen molar-refractivity contribution in [2.75, 3.05) is 19.8 Å². The van der Waals surface area contributed by atoms with Gasteiger partial charge in [-0.25, -0.2) is 9.59 Å². The van der Waals surface area contributed by atoms with Crippen LogP contribution in [0.25, 0.3) is 0 Å². The molecule has 1 spiro atoms. The molecule has 0 aromatic carbocycles. The quantitative estimate of drug-likeness (QED) is 0.657. The predicted octanol–water partition coefficient (Wildman–Crippen LogP) is -0.0435. The van der Waals surface area contributed by atoms with E-state index < -0.39 is 23.8 Å². The summed E-state index contributed by atoms with van der Waals surface area (Å²) in [5, 5.41) is 18.0. The van der Waals surface area contributed by atoms with E-state index in [1.807, 2.05) is 0 Å². The Balaban J connectivity index is 2.26. The molecular weight excluding hydrogens is 218 g/mol. The summed E-state index contributed by atoms with van der Waals surface area (Å²) in [6.45, 7) is 0.674. The van der Waals surface area contributed by atoms with Gasteiger partial charge < -0.3 is 19.7 Å². The van der Waals surface area contributed by atoms with Gasteiger partial charge >= 0.3 is 12.1 Å². The van der Waals surface area contributed by atoms with Crippen LogP contribution < -0.4 is 0 Å². The largest absolute Gasteiger partial charge is 0.480 e. The third-order valence-corrected chi connectivity index (χ3v) is 3.03. The first-order valence-electron chi connectivity index (χ1n) is 5.04. The normalized spacial score (nSPS) is 28.2. The number of carboxylic acid groups (broad SMARTS) is 2. The van der Waals surface area contributed by atoms with E-state index in [-0.39, 0.29) is 6.61 Å². The molecule has 2 heterocycles. The first kappa shape index (κ1) is 11.2. The van der Waals surface area contributed by atoms with Crippen molar-refractivity contribution in [3.8, 4) is 0 Å². The van der Waals surface area contributed by atoms with Crippen LogP contribution in [0.3, 0.4) is 0 Å². The van der Waals surface area contributed by atoms with Crippen LogP contribution in [0.5, 0.6) is 0 Å². The van der Waals surface area contributed by atoms with Crippen molar-refractivity contribution >= 4 is 12.1 Å². The Morgan fingerprint density at radius 3 is 2.38 bits per heavy atom. The number of ether oxygens (including phenoxy) is 2.